The van der Waals surface area contributed by atoms with E-state index in [0.29, 0.717) is 31.0 Å². The van der Waals surface area contributed by atoms with Crippen LogP contribution in [0, 0.1) is 5.92 Å². The van der Waals surface area contributed by atoms with Gasteiger partial charge >= 0.3 is 0 Å². The Morgan fingerprint density at radius 2 is 2.05 bits per heavy atom. The second-order valence-corrected chi connectivity index (χ2v) is 5.19. The van der Waals surface area contributed by atoms with E-state index < -0.39 is 0 Å². The van der Waals surface area contributed by atoms with Crippen molar-refractivity contribution in [2.45, 2.75) is 12.8 Å². The van der Waals surface area contributed by atoms with Gasteiger partial charge < -0.3 is 20.9 Å². The smallest absolute Gasteiger partial charge is 0.257 e. The molecule has 108 valence electrons. The van der Waals surface area contributed by atoms with Gasteiger partial charge in [0.15, 0.2) is 0 Å². The van der Waals surface area contributed by atoms with Crippen LogP contribution in [0.3, 0.4) is 0 Å². The van der Waals surface area contributed by atoms with Gasteiger partial charge in [-0.25, -0.2) is 0 Å². The molecule has 1 aromatic carbocycles. The molecule has 0 spiro atoms. The Balaban J connectivity index is 2.07. The monoisotopic (exact) mass is 297 g/mol. The van der Waals surface area contributed by atoms with E-state index in [9.17, 15) is 9.90 Å². The summed E-state index contributed by atoms with van der Waals surface area (Å²) in [6.07, 6.45) is 1.26. The number of carbonyl (C=O) groups is 1. The predicted octanol–water partition coefficient (Wildman–Crippen LogP) is 1.64. The number of hydrogen-bond acceptors (Lipinski definition) is 4. The Morgan fingerprint density at radius 3 is 2.65 bits per heavy atom. The third-order valence-corrected chi connectivity index (χ3v) is 3.74. The van der Waals surface area contributed by atoms with Crippen molar-refractivity contribution in [1.82, 2.24) is 4.90 Å². The fourth-order valence-electron chi connectivity index (χ4n) is 2.31. The van der Waals surface area contributed by atoms with Crippen LogP contribution < -0.4 is 5.73 Å². The third kappa shape index (κ3) is 2.96. The average molecular weight is 298 g/mol. The molecule has 1 heterocycles. The number of phenols is 1. The summed E-state index contributed by atoms with van der Waals surface area (Å²) in [5.41, 5.74) is 5.76. The Labute approximate surface area is 121 Å². The van der Waals surface area contributed by atoms with Crippen LogP contribution in [-0.4, -0.2) is 40.0 Å². The van der Waals surface area contributed by atoms with Gasteiger partial charge in [-0.05, 0) is 31.0 Å². The molecule has 1 amide bonds. The number of benzene rings is 1. The molecule has 7 heteroatoms. The van der Waals surface area contributed by atoms with Crippen LogP contribution in [0.1, 0.15) is 23.2 Å². The van der Waals surface area contributed by atoms with Crippen molar-refractivity contribution < 1.29 is 15.1 Å². The second-order valence-electron chi connectivity index (χ2n) is 4.75. The lowest BCUT2D eigenvalue weighted by Gasteiger charge is -2.31. The van der Waals surface area contributed by atoms with Gasteiger partial charge in [-0.15, -0.1) is 0 Å². The second kappa shape index (κ2) is 6.00. The molecule has 0 saturated carbocycles. The molecular formula is C13H16ClN3O3. The number of halogens is 1. The molecule has 0 aliphatic carbocycles. The van der Waals surface area contributed by atoms with E-state index in [1.54, 1.807) is 4.90 Å². The van der Waals surface area contributed by atoms with Gasteiger partial charge in [-0.2, -0.15) is 0 Å². The minimum atomic E-state index is -0.261. The van der Waals surface area contributed by atoms with Crippen LogP contribution in [0.4, 0.5) is 0 Å². The lowest BCUT2D eigenvalue weighted by molar-refractivity contribution is 0.0706. The van der Waals surface area contributed by atoms with E-state index in [4.69, 9.17) is 22.5 Å². The molecule has 0 radical (unpaired) electrons. The SMILES string of the molecule is NC(=NO)C1CCN(C(=O)c2cc(Cl)ccc2O)CC1. The van der Waals surface area contributed by atoms with Gasteiger partial charge in [0.1, 0.15) is 11.6 Å². The number of phenolic OH excluding ortho intramolecular Hbond substituents is 1. The number of amides is 1. The molecule has 1 saturated heterocycles. The molecular weight excluding hydrogens is 282 g/mol. The van der Waals surface area contributed by atoms with Gasteiger partial charge in [0.2, 0.25) is 0 Å². The van der Waals surface area contributed by atoms with Crippen LogP contribution in [0.15, 0.2) is 23.4 Å². The van der Waals surface area contributed by atoms with Crippen molar-refractivity contribution in [3.8, 4) is 5.75 Å². The summed E-state index contributed by atoms with van der Waals surface area (Å²) < 4.78 is 0. The van der Waals surface area contributed by atoms with Crippen LogP contribution in [0.2, 0.25) is 5.02 Å². The number of hydrogen-bond donors (Lipinski definition) is 3. The molecule has 0 bridgehead atoms. The van der Waals surface area contributed by atoms with E-state index in [-0.39, 0.29) is 29.0 Å². The molecule has 1 aliphatic heterocycles. The number of carbonyl (C=O) groups excluding carboxylic acids is 1. The zero-order chi connectivity index (χ0) is 14.7. The van der Waals surface area contributed by atoms with Gasteiger partial charge in [0, 0.05) is 24.0 Å². The van der Waals surface area contributed by atoms with Crippen molar-refractivity contribution in [3.05, 3.63) is 28.8 Å². The van der Waals surface area contributed by atoms with Crippen molar-refractivity contribution in [3.63, 3.8) is 0 Å². The Kier molecular flexibility index (Phi) is 4.34. The molecule has 1 fully saturated rings. The number of piperidine rings is 1. The van der Waals surface area contributed by atoms with Crippen molar-refractivity contribution in [2.24, 2.45) is 16.8 Å². The number of likely N-dealkylation sites (tertiary alicyclic amines) is 1. The molecule has 0 atom stereocenters. The lowest BCUT2D eigenvalue weighted by Crippen LogP contribution is -2.41. The first kappa shape index (κ1) is 14.5. The average Bonchev–Trinajstić information content (AvgIpc) is 2.48. The Bertz CT molecular complexity index is 540. The highest BCUT2D eigenvalue weighted by atomic mass is 35.5. The highest BCUT2D eigenvalue weighted by Gasteiger charge is 2.27. The quantitative estimate of drug-likeness (QED) is 0.334. The van der Waals surface area contributed by atoms with Crippen LogP contribution in [-0.2, 0) is 0 Å². The fourth-order valence-corrected chi connectivity index (χ4v) is 2.48. The Morgan fingerprint density at radius 1 is 1.40 bits per heavy atom. The molecule has 20 heavy (non-hydrogen) atoms. The number of nitrogens with two attached hydrogens (primary N) is 1. The van der Waals surface area contributed by atoms with Gasteiger partial charge in [0.25, 0.3) is 5.91 Å². The minimum Gasteiger partial charge on any atom is -0.507 e. The molecule has 2 rings (SSSR count). The van der Waals surface area contributed by atoms with E-state index in [1.165, 1.54) is 18.2 Å². The first-order valence-corrected chi connectivity index (χ1v) is 6.66. The van der Waals surface area contributed by atoms with Crippen molar-refractivity contribution in [2.75, 3.05) is 13.1 Å². The largest absolute Gasteiger partial charge is 0.507 e. The van der Waals surface area contributed by atoms with Crippen LogP contribution in [0.25, 0.3) is 0 Å². The van der Waals surface area contributed by atoms with Gasteiger partial charge in [-0.3, -0.25) is 4.79 Å². The molecule has 6 nitrogen and oxygen atoms in total. The molecule has 0 aromatic heterocycles. The number of amidine groups is 1. The van der Waals surface area contributed by atoms with E-state index in [1.807, 2.05) is 0 Å². The van der Waals surface area contributed by atoms with Gasteiger partial charge in [0.05, 0.1) is 5.56 Å². The fraction of sp³-hybridized carbons (Fsp3) is 0.385. The molecule has 1 aliphatic rings. The highest BCUT2D eigenvalue weighted by molar-refractivity contribution is 6.31. The van der Waals surface area contributed by atoms with E-state index in [2.05, 4.69) is 5.16 Å². The van der Waals surface area contributed by atoms with E-state index >= 15 is 0 Å². The Hall–Kier alpha value is -1.95. The summed E-state index contributed by atoms with van der Waals surface area (Å²) >= 11 is 5.84. The van der Waals surface area contributed by atoms with E-state index in [0.717, 1.165) is 0 Å². The first-order chi connectivity index (χ1) is 9.52. The number of aromatic hydroxyl groups is 1. The molecule has 0 unspecified atom stereocenters. The summed E-state index contributed by atoms with van der Waals surface area (Å²) in [5.74, 6) is -0.166. The number of oxime groups is 1. The zero-order valence-corrected chi connectivity index (χ0v) is 11.5. The minimum absolute atomic E-state index is 0.0167. The summed E-state index contributed by atoms with van der Waals surface area (Å²) in [7, 11) is 0. The summed E-state index contributed by atoms with van der Waals surface area (Å²) in [6.45, 7) is 0.983. The molecule has 1 aromatic rings. The predicted molar refractivity (Wildman–Crippen MR) is 75.2 cm³/mol. The van der Waals surface area contributed by atoms with Crippen molar-refractivity contribution in [1.29, 1.82) is 0 Å². The topological polar surface area (TPSA) is 99.2 Å². The zero-order valence-electron chi connectivity index (χ0n) is 10.8. The summed E-state index contributed by atoms with van der Waals surface area (Å²) in [6, 6.07) is 4.38. The first-order valence-electron chi connectivity index (χ1n) is 6.28. The lowest BCUT2D eigenvalue weighted by atomic mass is 9.95. The standard InChI is InChI=1S/C13H16ClN3O3/c14-9-1-2-11(18)10(7-9)13(19)17-5-3-8(4-6-17)12(15)16-20/h1-2,7-8,18,20H,3-6H2,(H2,15,16). The van der Waals surface area contributed by atoms with Gasteiger partial charge in [-0.1, -0.05) is 16.8 Å². The summed E-state index contributed by atoms with van der Waals surface area (Å²) in [5, 5.41) is 21.8. The highest BCUT2D eigenvalue weighted by Crippen LogP contribution is 2.25. The number of rotatable bonds is 2. The normalized spacial score (nSPS) is 17.2. The maximum atomic E-state index is 12.3. The maximum Gasteiger partial charge on any atom is 0.257 e. The van der Waals surface area contributed by atoms with Crippen molar-refractivity contribution >= 4 is 23.3 Å². The third-order valence-electron chi connectivity index (χ3n) is 3.50. The maximum absolute atomic E-state index is 12.3. The molecule has 4 N–H and O–H groups in total. The van der Waals surface area contributed by atoms with Crippen LogP contribution in [0.5, 0.6) is 5.75 Å². The number of nitrogens with zero attached hydrogens (tertiary/aromatic N) is 2. The van der Waals surface area contributed by atoms with Crippen LogP contribution >= 0.6 is 11.6 Å². The summed E-state index contributed by atoms with van der Waals surface area (Å²) in [4.78, 5) is 13.9.